The Morgan fingerprint density at radius 2 is 1.72 bits per heavy atom. The lowest BCUT2D eigenvalue weighted by atomic mass is 9.83. The zero-order valence-electron chi connectivity index (χ0n) is 11.8. The summed E-state index contributed by atoms with van der Waals surface area (Å²) in [4.78, 5) is 11.4. The van der Waals surface area contributed by atoms with Crippen LogP contribution in [0.25, 0.3) is 0 Å². The minimum Gasteiger partial charge on any atom is -0.458 e. The second-order valence-corrected chi connectivity index (χ2v) is 6.17. The molecule has 1 N–H and O–H groups in total. The number of carbonyl (C=O) groups is 1. The van der Waals surface area contributed by atoms with Crippen molar-refractivity contribution in [3.63, 3.8) is 0 Å². The van der Waals surface area contributed by atoms with E-state index in [0.29, 0.717) is 25.0 Å². The minimum atomic E-state index is -0.445. The molecule has 0 saturated heterocycles. The van der Waals surface area contributed by atoms with Crippen LogP contribution in [0.1, 0.15) is 46.5 Å². The van der Waals surface area contributed by atoms with Gasteiger partial charge in [0, 0.05) is 6.61 Å². The molecule has 0 heterocycles. The van der Waals surface area contributed by atoms with Gasteiger partial charge in [0.2, 0.25) is 0 Å². The van der Waals surface area contributed by atoms with Crippen molar-refractivity contribution < 1.29 is 19.4 Å². The number of rotatable bonds is 5. The maximum atomic E-state index is 11.4. The molecule has 1 fully saturated rings. The number of hydrogen-bond donors (Lipinski definition) is 1. The molecule has 4 heteroatoms. The second-order valence-electron chi connectivity index (χ2n) is 6.17. The summed E-state index contributed by atoms with van der Waals surface area (Å²) in [6, 6.07) is 0. The molecule has 4 nitrogen and oxygen atoms in total. The van der Waals surface area contributed by atoms with Crippen LogP contribution in [0.4, 0.5) is 0 Å². The molecule has 0 radical (unpaired) electrons. The van der Waals surface area contributed by atoms with E-state index < -0.39 is 5.60 Å². The van der Waals surface area contributed by atoms with Crippen LogP contribution in [0, 0.1) is 11.8 Å². The van der Waals surface area contributed by atoms with Crippen LogP contribution in [0.2, 0.25) is 0 Å². The Kier molecular flexibility index (Phi) is 6.09. The van der Waals surface area contributed by atoms with Crippen LogP contribution in [-0.2, 0) is 14.3 Å². The van der Waals surface area contributed by atoms with Crippen LogP contribution in [-0.4, -0.2) is 36.5 Å². The fraction of sp³-hybridized carbons (Fsp3) is 0.929. The molecule has 0 amide bonds. The second kappa shape index (κ2) is 7.10. The third-order valence-electron chi connectivity index (χ3n) is 3.22. The Morgan fingerprint density at radius 3 is 2.22 bits per heavy atom. The Labute approximate surface area is 110 Å². The van der Waals surface area contributed by atoms with Crippen LogP contribution >= 0.6 is 0 Å². The normalized spacial score (nSPS) is 24.9. The lowest BCUT2D eigenvalue weighted by Crippen LogP contribution is -2.28. The summed E-state index contributed by atoms with van der Waals surface area (Å²) >= 11 is 0. The molecule has 0 aromatic rings. The summed E-state index contributed by atoms with van der Waals surface area (Å²) in [7, 11) is 0. The van der Waals surface area contributed by atoms with Gasteiger partial charge in [-0.1, -0.05) is 0 Å². The molecule has 18 heavy (non-hydrogen) atoms. The SMILES string of the molecule is CC(C)(C)OC(=O)COC[C@H]1CC[C@@H](CO)CC1. The molecule has 0 aromatic carbocycles. The molecular formula is C14H26O4. The number of aliphatic hydroxyl groups is 1. The van der Waals surface area contributed by atoms with Gasteiger partial charge in [-0.2, -0.15) is 0 Å². The van der Waals surface area contributed by atoms with Crippen molar-refractivity contribution in [3.05, 3.63) is 0 Å². The van der Waals surface area contributed by atoms with Gasteiger partial charge < -0.3 is 14.6 Å². The summed E-state index contributed by atoms with van der Waals surface area (Å²) in [5.41, 5.74) is -0.445. The quantitative estimate of drug-likeness (QED) is 0.768. The highest BCUT2D eigenvalue weighted by atomic mass is 16.6. The van der Waals surface area contributed by atoms with Crippen molar-refractivity contribution in [2.24, 2.45) is 11.8 Å². The maximum Gasteiger partial charge on any atom is 0.332 e. The zero-order chi connectivity index (χ0) is 13.6. The molecule has 1 aliphatic rings. The molecule has 1 rings (SSSR count). The van der Waals surface area contributed by atoms with Gasteiger partial charge in [-0.3, -0.25) is 0 Å². The van der Waals surface area contributed by atoms with E-state index in [0.717, 1.165) is 25.7 Å². The predicted octanol–water partition coefficient (Wildman–Crippen LogP) is 2.14. The highest BCUT2D eigenvalue weighted by Crippen LogP contribution is 2.28. The number of carbonyl (C=O) groups excluding carboxylic acids is 1. The topological polar surface area (TPSA) is 55.8 Å². The van der Waals surface area contributed by atoms with Crippen molar-refractivity contribution in [2.45, 2.75) is 52.1 Å². The minimum absolute atomic E-state index is 0.0389. The van der Waals surface area contributed by atoms with Gasteiger partial charge in [-0.15, -0.1) is 0 Å². The Hall–Kier alpha value is -0.610. The summed E-state index contributed by atoms with van der Waals surface area (Å²) in [6.45, 7) is 6.50. The first-order chi connectivity index (χ1) is 8.40. The monoisotopic (exact) mass is 258 g/mol. The average molecular weight is 258 g/mol. The highest BCUT2D eigenvalue weighted by molar-refractivity contribution is 5.71. The predicted molar refractivity (Wildman–Crippen MR) is 69.2 cm³/mol. The first-order valence-electron chi connectivity index (χ1n) is 6.81. The molecular weight excluding hydrogens is 232 g/mol. The maximum absolute atomic E-state index is 11.4. The number of hydrogen-bond acceptors (Lipinski definition) is 4. The largest absolute Gasteiger partial charge is 0.458 e. The lowest BCUT2D eigenvalue weighted by molar-refractivity contribution is -0.160. The van der Waals surface area contributed by atoms with Crippen molar-refractivity contribution in [1.82, 2.24) is 0 Å². The molecule has 0 spiro atoms. The molecule has 0 bridgehead atoms. The van der Waals surface area contributed by atoms with Crippen LogP contribution < -0.4 is 0 Å². The molecule has 1 aliphatic carbocycles. The van der Waals surface area contributed by atoms with E-state index in [4.69, 9.17) is 14.6 Å². The van der Waals surface area contributed by atoms with Crippen LogP contribution in [0.5, 0.6) is 0 Å². The third-order valence-corrected chi connectivity index (χ3v) is 3.22. The van der Waals surface area contributed by atoms with E-state index >= 15 is 0 Å². The van der Waals surface area contributed by atoms with Gasteiger partial charge in [0.25, 0.3) is 0 Å². The van der Waals surface area contributed by atoms with Crippen molar-refractivity contribution in [3.8, 4) is 0 Å². The number of ether oxygens (including phenoxy) is 2. The van der Waals surface area contributed by atoms with Gasteiger partial charge in [0.1, 0.15) is 12.2 Å². The van der Waals surface area contributed by atoms with Gasteiger partial charge in [-0.05, 0) is 58.3 Å². The highest BCUT2D eigenvalue weighted by Gasteiger charge is 2.21. The van der Waals surface area contributed by atoms with E-state index in [1.54, 1.807) is 0 Å². The van der Waals surface area contributed by atoms with E-state index in [9.17, 15) is 4.79 Å². The Bertz CT molecular complexity index is 249. The zero-order valence-corrected chi connectivity index (χ0v) is 11.8. The molecule has 0 atom stereocenters. The first-order valence-corrected chi connectivity index (χ1v) is 6.81. The Balaban J connectivity index is 2.10. The van der Waals surface area contributed by atoms with E-state index in [1.807, 2.05) is 20.8 Å². The third kappa shape index (κ3) is 6.36. The summed E-state index contributed by atoms with van der Waals surface area (Å²) < 4.78 is 10.6. The molecule has 0 aromatic heterocycles. The average Bonchev–Trinajstić information content (AvgIpc) is 2.27. The summed E-state index contributed by atoms with van der Waals surface area (Å²) in [6.07, 6.45) is 4.30. The lowest BCUT2D eigenvalue weighted by Gasteiger charge is -2.27. The fourth-order valence-electron chi connectivity index (χ4n) is 2.26. The summed E-state index contributed by atoms with van der Waals surface area (Å²) in [5.74, 6) is 0.689. The number of aliphatic hydroxyl groups excluding tert-OH is 1. The standard InChI is InChI=1S/C14H26O4/c1-14(2,3)18-13(16)10-17-9-12-6-4-11(8-15)5-7-12/h11-12,15H,4-10H2,1-3H3/t11-,12+. The fourth-order valence-corrected chi connectivity index (χ4v) is 2.26. The van der Waals surface area contributed by atoms with Crippen LogP contribution in [0.15, 0.2) is 0 Å². The molecule has 0 aliphatic heterocycles. The van der Waals surface area contributed by atoms with E-state index in [2.05, 4.69) is 0 Å². The smallest absolute Gasteiger partial charge is 0.332 e. The van der Waals surface area contributed by atoms with Gasteiger partial charge in [0.15, 0.2) is 0 Å². The van der Waals surface area contributed by atoms with E-state index in [-0.39, 0.29) is 12.6 Å². The first kappa shape index (κ1) is 15.4. The Morgan fingerprint density at radius 1 is 1.17 bits per heavy atom. The van der Waals surface area contributed by atoms with Crippen LogP contribution in [0.3, 0.4) is 0 Å². The van der Waals surface area contributed by atoms with Gasteiger partial charge >= 0.3 is 5.97 Å². The molecule has 0 unspecified atom stereocenters. The van der Waals surface area contributed by atoms with Gasteiger partial charge in [0.05, 0.1) is 6.61 Å². The van der Waals surface area contributed by atoms with Crippen molar-refractivity contribution in [1.29, 1.82) is 0 Å². The van der Waals surface area contributed by atoms with Crippen molar-refractivity contribution >= 4 is 5.97 Å². The number of esters is 1. The van der Waals surface area contributed by atoms with Crippen molar-refractivity contribution in [2.75, 3.05) is 19.8 Å². The molecule has 1 saturated carbocycles. The van der Waals surface area contributed by atoms with Gasteiger partial charge in [-0.25, -0.2) is 4.79 Å². The molecule has 106 valence electrons. The van der Waals surface area contributed by atoms with E-state index in [1.165, 1.54) is 0 Å². The summed E-state index contributed by atoms with van der Waals surface area (Å²) in [5, 5.41) is 9.04.